The number of carbonyl (C=O) groups is 1. The fraction of sp³-hybridized carbons (Fsp3) is 0.333. The molecule has 4 nitrogen and oxygen atoms in total. The number of aromatic nitrogens is 2. The Balaban J connectivity index is 1.38. The van der Waals surface area contributed by atoms with E-state index in [9.17, 15) is 4.79 Å². The van der Waals surface area contributed by atoms with Crippen molar-refractivity contribution in [3.63, 3.8) is 0 Å². The molecule has 4 heterocycles. The van der Waals surface area contributed by atoms with Gasteiger partial charge < -0.3 is 9.88 Å². The van der Waals surface area contributed by atoms with E-state index >= 15 is 0 Å². The molecule has 164 valence electrons. The van der Waals surface area contributed by atoms with Crippen LogP contribution in [0.4, 0.5) is 0 Å². The van der Waals surface area contributed by atoms with Crippen LogP contribution in [0.5, 0.6) is 0 Å². The molecule has 32 heavy (non-hydrogen) atoms. The third-order valence-corrected chi connectivity index (χ3v) is 7.48. The van der Waals surface area contributed by atoms with Crippen molar-refractivity contribution in [1.82, 2.24) is 14.9 Å². The number of aromatic amines is 1. The van der Waals surface area contributed by atoms with Crippen molar-refractivity contribution in [1.29, 1.82) is 0 Å². The summed E-state index contributed by atoms with van der Waals surface area (Å²) in [6.45, 7) is 8.00. The molecule has 0 spiro atoms. The van der Waals surface area contributed by atoms with Gasteiger partial charge in [-0.05, 0) is 79.1 Å². The number of nitrogens with zero attached hydrogens (tertiary/aromatic N) is 2. The fourth-order valence-corrected chi connectivity index (χ4v) is 5.94. The summed E-state index contributed by atoms with van der Waals surface area (Å²) in [5.74, 6) is 0.614. The summed E-state index contributed by atoms with van der Waals surface area (Å²) >= 11 is 1.73. The molecule has 1 saturated heterocycles. The summed E-state index contributed by atoms with van der Waals surface area (Å²) in [6.07, 6.45) is 5.45. The molecule has 4 aromatic rings. The van der Waals surface area contributed by atoms with Gasteiger partial charge in [0.1, 0.15) is 4.83 Å². The number of hydrogen-bond donors (Lipinski definition) is 1. The van der Waals surface area contributed by atoms with Gasteiger partial charge in [0.05, 0.1) is 5.69 Å². The number of carbonyl (C=O) groups excluding carboxylic acids is 1. The Morgan fingerprint density at radius 3 is 2.69 bits per heavy atom. The first-order chi connectivity index (χ1) is 15.5. The Morgan fingerprint density at radius 2 is 1.94 bits per heavy atom. The molecule has 1 aliphatic heterocycles. The smallest absolute Gasteiger partial charge is 0.225 e. The van der Waals surface area contributed by atoms with Gasteiger partial charge in [0.15, 0.2) is 0 Å². The van der Waals surface area contributed by atoms with Gasteiger partial charge in [0, 0.05) is 42.7 Å². The number of fused-ring (bicyclic) bond motifs is 1. The van der Waals surface area contributed by atoms with Gasteiger partial charge in [-0.3, -0.25) is 9.78 Å². The highest BCUT2D eigenvalue weighted by atomic mass is 32.1. The zero-order valence-electron chi connectivity index (χ0n) is 18.9. The highest BCUT2D eigenvalue weighted by Crippen LogP contribution is 2.36. The van der Waals surface area contributed by atoms with Gasteiger partial charge in [-0.1, -0.05) is 24.1 Å². The maximum Gasteiger partial charge on any atom is 0.225 e. The third-order valence-electron chi connectivity index (χ3n) is 6.65. The fourth-order valence-electron chi connectivity index (χ4n) is 5.12. The largest absolute Gasteiger partial charge is 0.346 e. The summed E-state index contributed by atoms with van der Waals surface area (Å²) in [6, 6.07) is 13.0. The van der Waals surface area contributed by atoms with Crippen molar-refractivity contribution in [2.45, 2.75) is 39.5 Å². The standard InChI is InChI=1S/C27H29N3OS/c1-17-12-18(2)14-22(13-17)25-24(23-7-11-32-26(23)29-25)15-19(3)27(31)30-10-6-21(16-30)20-4-8-28-9-5-20/h4-5,7-9,11-14,19,21,29H,6,10,15-16H2,1-3H3. The molecule has 1 aliphatic rings. The van der Waals surface area contributed by atoms with E-state index in [1.807, 2.05) is 12.4 Å². The summed E-state index contributed by atoms with van der Waals surface area (Å²) in [5.41, 5.74) is 7.43. The van der Waals surface area contributed by atoms with Crippen molar-refractivity contribution in [3.05, 3.63) is 76.4 Å². The molecule has 1 aromatic carbocycles. The maximum atomic E-state index is 13.4. The van der Waals surface area contributed by atoms with Crippen LogP contribution in [0.1, 0.15) is 41.5 Å². The van der Waals surface area contributed by atoms with Crippen LogP contribution in [0, 0.1) is 19.8 Å². The van der Waals surface area contributed by atoms with Crippen molar-refractivity contribution in [2.24, 2.45) is 5.92 Å². The third kappa shape index (κ3) is 3.97. The van der Waals surface area contributed by atoms with Crippen LogP contribution < -0.4 is 0 Å². The predicted molar refractivity (Wildman–Crippen MR) is 132 cm³/mol. The zero-order valence-corrected chi connectivity index (χ0v) is 19.7. The molecule has 1 fully saturated rings. The molecule has 0 bridgehead atoms. The monoisotopic (exact) mass is 443 g/mol. The molecule has 2 unspecified atom stereocenters. The Bertz CT molecular complexity index is 1240. The van der Waals surface area contributed by atoms with E-state index in [0.717, 1.165) is 31.6 Å². The minimum Gasteiger partial charge on any atom is -0.346 e. The minimum atomic E-state index is -0.0604. The Labute approximate surface area is 193 Å². The lowest BCUT2D eigenvalue weighted by Gasteiger charge is -2.21. The second-order valence-corrected chi connectivity index (χ2v) is 10.1. The molecule has 1 N–H and O–H groups in total. The lowest BCUT2D eigenvalue weighted by molar-refractivity contribution is -0.133. The van der Waals surface area contributed by atoms with Gasteiger partial charge in [-0.15, -0.1) is 11.3 Å². The number of H-pyrrole nitrogens is 1. The Morgan fingerprint density at radius 1 is 1.19 bits per heavy atom. The number of thiophene rings is 1. The maximum absolute atomic E-state index is 13.4. The number of amides is 1. The molecule has 3 aromatic heterocycles. The summed E-state index contributed by atoms with van der Waals surface area (Å²) in [7, 11) is 0. The normalized spacial score (nSPS) is 17.2. The van der Waals surface area contributed by atoms with Crippen molar-refractivity contribution in [2.75, 3.05) is 13.1 Å². The van der Waals surface area contributed by atoms with E-state index < -0.39 is 0 Å². The van der Waals surface area contributed by atoms with Crippen molar-refractivity contribution in [3.8, 4) is 11.3 Å². The Hall–Kier alpha value is -2.92. The lowest BCUT2D eigenvalue weighted by Crippen LogP contribution is -2.34. The number of pyridine rings is 1. The molecule has 5 rings (SSSR count). The van der Waals surface area contributed by atoms with Gasteiger partial charge in [-0.2, -0.15) is 0 Å². The van der Waals surface area contributed by atoms with Crippen LogP contribution in [0.3, 0.4) is 0 Å². The second kappa shape index (κ2) is 8.55. The van der Waals surface area contributed by atoms with E-state index in [-0.39, 0.29) is 11.8 Å². The second-order valence-electron chi connectivity index (χ2n) is 9.17. The van der Waals surface area contributed by atoms with Gasteiger partial charge in [0.2, 0.25) is 5.91 Å². The summed E-state index contributed by atoms with van der Waals surface area (Å²) in [5, 5.41) is 3.38. The highest BCUT2D eigenvalue weighted by molar-refractivity contribution is 7.16. The number of aryl methyl sites for hydroxylation is 2. The van der Waals surface area contributed by atoms with E-state index in [0.29, 0.717) is 5.92 Å². The van der Waals surface area contributed by atoms with Crippen LogP contribution in [-0.2, 0) is 11.2 Å². The molecule has 1 amide bonds. The number of nitrogens with one attached hydrogen (secondary N) is 1. The lowest BCUT2D eigenvalue weighted by atomic mass is 9.94. The number of benzene rings is 1. The minimum absolute atomic E-state index is 0.0604. The van der Waals surface area contributed by atoms with Gasteiger partial charge in [0.25, 0.3) is 0 Å². The van der Waals surface area contributed by atoms with Gasteiger partial charge >= 0.3 is 0 Å². The zero-order chi connectivity index (χ0) is 22.2. The molecule has 0 saturated carbocycles. The van der Waals surface area contributed by atoms with Crippen LogP contribution in [-0.4, -0.2) is 33.9 Å². The molecule has 2 atom stereocenters. The van der Waals surface area contributed by atoms with E-state index in [4.69, 9.17) is 0 Å². The van der Waals surface area contributed by atoms with Crippen molar-refractivity contribution >= 4 is 27.5 Å². The average Bonchev–Trinajstić information content (AvgIpc) is 3.51. The summed E-state index contributed by atoms with van der Waals surface area (Å²) < 4.78 is 0. The van der Waals surface area contributed by atoms with Crippen molar-refractivity contribution < 1.29 is 4.79 Å². The SMILES string of the molecule is Cc1cc(C)cc(-c2[nH]c3sccc3c2CC(C)C(=O)N2CCC(c3ccncc3)C2)c1. The van der Waals surface area contributed by atoms with Crippen LogP contribution in [0.25, 0.3) is 21.5 Å². The number of likely N-dealkylation sites (tertiary alicyclic amines) is 1. The highest BCUT2D eigenvalue weighted by Gasteiger charge is 2.30. The first-order valence-electron chi connectivity index (χ1n) is 11.3. The van der Waals surface area contributed by atoms with Gasteiger partial charge in [-0.25, -0.2) is 0 Å². The number of hydrogen-bond acceptors (Lipinski definition) is 3. The molecule has 5 heteroatoms. The first-order valence-corrected chi connectivity index (χ1v) is 12.2. The van der Waals surface area contributed by atoms with E-state index in [1.54, 1.807) is 11.3 Å². The average molecular weight is 444 g/mol. The van der Waals surface area contributed by atoms with Crippen LogP contribution in [0.15, 0.2) is 54.2 Å². The number of rotatable bonds is 5. The first kappa shape index (κ1) is 21.0. The molecule has 0 radical (unpaired) electrons. The van der Waals surface area contributed by atoms with E-state index in [1.165, 1.54) is 38.0 Å². The Kier molecular flexibility index (Phi) is 5.60. The predicted octanol–water partition coefficient (Wildman–Crippen LogP) is 6.10. The molecule has 0 aliphatic carbocycles. The quantitative estimate of drug-likeness (QED) is 0.405. The summed E-state index contributed by atoms with van der Waals surface area (Å²) in [4.78, 5) is 24.4. The van der Waals surface area contributed by atoms with E-state index in [2.05, 4.69) is 77.4 Å². The van der Waals surface area contributed by atoms with Crippen LogP contribution >= 0.6 is 11.3 Å². The topological polar surface area (TPSA) is 49.0 Å². The molecular weight excluding hydrogens is 414 g/mol. The van der Waals surface area contributed by atoms with Crippen LogP contribution in [0.2, 0.25) is 0 Å². The molecular formula is C27H29N3OS.